The highest BCUT2D eigenvalue weighted by Gasteiger charge is 2.07. The van der Waals surface area contributed by atoms with E-state index in [1.165, 1.54) is 12.1 Å². The van der Waals surface area contributed by atoms with Gasteiger partial charge in [-0.1, -0.05) is 40.2 Å². The maximum absolute atomic E-state index is 11.9. The summed E-state index contributed by atoms with van der Waals surface area (Å²) < 4.78 is 0.932. The zero-order chi connectivity index (χ0) is 16.8. The molecule has 0 fully saturated rings. The van der Waals surface area contributed by atoms with E-state index >= 15 is 0 Å². The lowest BCUT2D eigenvalue weighted by atomic mass is 10.1. The van der Waals surface area contributed by atoms with E-state index in [0.29, 0.717) is 11.3 Å². The molecule has 118 valence electrons. The number of benzene rings is 2. The fraction of sp³-hybridized carbons (Fsp3) is 0.125. The molecule has 0 aliphatic heterocycles. The molecule has 0 saturated carbocycles. The molecule has 0 aliphatic carbocycles. The number of rotatable bonds is 5. The molecule has 0 radical (unpaired) electrons. The van der Waals surface area contributed by atoms with Gasteiger partial charge in [0.15, 0.2) is 0 Å². The molecule has 0 saturated heterocycles. The molecule has 2 rings (SSSR count). The average molecular weight is 376 g/mol. The highest BCUT2D eigenvalue weighted by molar-refractivity contribution is 9.10. The lowest BCUT2D eigenvalue weighted by molar-refractivity contribution is -0.384. The maximum Gasteiger partial charge on any atom is 0.269 e. The van der Waals surface area contributed by atoms with Gasteiger partial charge in [0.1, 0.15) is 0 Å². The number of non-ortho nitro benzene ring substituents is 1. The Hall–Kier alpha value is -2.54. The maximum atomic E-state index is 11.9. The quantitative estimate of drug-likeness (QED) is 0.493. The van der Waals surface area contributed by atoms with Crippen LogP contribution in [-0.2, 0) is 11.2 Å². The number of carbonyl (C=O) groups excluding carboxylic acids is 1. The van der Waals surface area contributed by atoms with E-state index in [1.807, 2.05) is 24.3 Å². The van der Waals surface area contributed by atoms with E-state index < -0.39 is 4.92 Å². The highest BCUT2D eigenvalue weighted by Crippen LogP contribution is 2.13. The molecule has 23 heavy (non-hydrogen) atoms. The minimum absolute atomic E-state index is 0.00215. The Morgan fingerprint density at radius 1 is 1.26 bits per heavy atom. The largest absolute Gasteiger partial charge is 0.273 e. The molecule has 0 atom stereocenters. The standard InChI is InChI=1S/C16H14BrN3O3/c1-11(13-3-2-4-14(17)10-13)18-19-16(21)9-12-5-7-15(8-6-12)20(22)23/h2-8,10H,9H2,1H3,(H,19,21). The molecule has 0 unspecified atom stereocenters. The van der Waals surface area contributed by atoms with Gasteiger partial charge in [0.25, 0.3) is 5.69 Å². The molecular weight excluding hydrogens is 362 g/mol. The van der Waals surface area contributed by atoms with E-state index in [1.54, 1.807) is 19.1 Å². The average Bonchev–Trinajstić information content (AvgIpc) is 2.53. The molecule has 0 aliphatic rings. The van der Waals surface area contributed by atoms with Crippen molar-refractivity contribution < 1.29 is 9.72 Å². The van der Waals surface area contributed by atoms with E-state index in [9.17, 15) is 14.9 Å². The first-order valence-electron chi connectivity index (χ1n) is 6.78. The van der Waals surface area contributed by atoms with Gasteiger partial charge >= 0.3 is 0 Å². The van der Waals surface area contributed by atoms with Crippen molar-refractivity contribution in [1.29, 1.82) is 0 Å². The molecule has 6 nitrogen and oxygen atoms in total. The molecule has 7 heteroatoms. The Morgan fingerprint density at radius 3 is 2.57 bits per heavy atom. The molecule has 1 amide bonds. The van der Waals surface area contributed by atoms with Crippen molar-refractivity contribution in [1.82, 2.24) is 5.43 Å². The summed E-state index contributed by atoms with van der Waals surface area (Å²) in [6, 6.07) is 13.5. The van der Waals surface area contributed by atoms with E-state index in [4.69, 9.17) is 0 Å². The van der Waals surface area contributed by atoms with Gasteiger partial charge in [-0.2, -0.15) is 5.10 Å². The van der Waals surface area contributed by atoms with Crippen LogP contribution in [0.15, 0.2) is 58.1 Å². The van der Waals surface area contributed by atoms with Crippen LogP contribution in [0, 0.1) is 10.1 Å². The molecule has 2 aromatic rings. The minimum atomic E-state index is -0.477. The molecule has 2 aromatic carbocycles. The van der Waals surface area contributed by atoms with Gasteiger partial charge in [-0.3, -0.25) is 14.9 Å². The number of nitrogens with zero attached hydrogens (tertiary/aromatic N) is 2. The van der Waals surface area contributed by atoms with E-state index in [0.717, 1.165) is 10.0 Å². The summed E-state index contributed by atoms with van der Waals surface area (Å²) in [6.07, 6.45) is 0.104. The number of carbonyl (C=O) groups is 1. The number of halogens is 1. The van der Waals surface area contributed by atoms with Crippen molar-refractivity contribution in [3.05, 3.63) is 74.2 Å². The normalized spacial score (nSPS) is 11.1. The smallest absolute Gasteiger partial charge is 0.269 e. The number of nitro benzene ring substituents is 1. The number of hydrazone groups is 1. The van der Waals surface area contributed by atoms with Crippen molar-refractivity contribution in [3.8, 4) is 0 Å². The third-order valence-corrected chi connectivity index (χ3v) is 3.60. The van der Waals surface area contributed by atoms with Gasteiger partial charge in [-0.05, 0) is 30.2 Å². The summed E-state index contributed by atoms with van der Waals surface area (Å²) in [5, 5.41) is 14.6. The topological polar surface area (TPSA) is 84.6 Å². The van der Waals surface area contributed by atoms with Crippen LogP contribution in [0.25, 0.3) is 0 Å². The number of amides is 1. The monoisotopic (exact) mass is 375 g/mol. The van der Waals surface area contributed by atoms with Crippen molar-refractivity contribution in [3.63, 3.8) is 0 Å². The second-order valence-corrected chi connectivity index (χ2v) is 5.76. The summed E-state index contributed by atoms with van der Waals surface area (Å²) in [5.74, 6) is -0.284. The molecular formula is C16H14BrN3O3. The number of hydrogen-bond acceptors (Lipinski definition) is 4. The van der Waals surface area contributed by atoms with Gasteiger partial charge in [-0.15, -0.1) is 0 Å². The molecule has 0 heterocycles. The van der Waals surface area contributed by atoms with Crippen LogP contribution >= 0.6 is 15.9 Å². The predicted molar refractivity (Wildman–Crippen MR) is 91.3 cm³/mol. The molecule has 0 spiro atoms. The Labute approximate surface area is 141 Å². The second kappa shape index (κ2) is 7.64. The number of hydrogen-bond donors (Lipinski definition) is 1. The highest BCUT2D eigenvalue weighted by atomic mass is 79.9. The first kappa shape index (κ1) is 16.8. The van der Waals surface area contributed by atoms with Crippen molar-refractivity contribution in [2.24, 2.45) is 5.10 Å². The first-order valence-corrected chi connectivity index (χ1v) is 7.57. The van der Waals surface area contributed by atoms with Crippen LogP contribution in [0.1, 0.15) is 18.1 Å². The summed E-state index contributed by atoms with van der Waals surface area (Å²) in [4.78, 5) is 22.0. The van der Waals surface area contributed by atoms with Gasteiger partial charge in [0.2, 0.25) is 5.91 Å². The lowest BCUT2D eigenvalue weighted by Gasteiger charge is -2.04. The fourth-order valence-electron chi connectivity index (χ4n) is 1.88. The molecule has 0 bridgehead atoms. The van der Waals surface area contributed by atoms with Crippen LogP contribution in [0.3, 0.4) is 0 Å². The summed E-state index contributed by atoms with van der Waals surface area (Å²) in [7, 11) is 0. The predicted octanol–water partition coefficient (Wildman–Crippen LogP) is 3.44. The summed E-state index contributed by atoms with van der Waals surface area (Å²) >= 11 is 3.38. The van der Waals surface area contributed by atoms with Crippen LogP contribution in [-0.4, -0.2) is 16.5 Å². The van der Waals surface area contributed by atoms with Gasteiger partial charge < -0.3 is 0 Å². The fourth-order valence-corrected chi connectivity index (χ4v) is 2.28. The van der Waals surface area contributed by atoms with Gasteiger partial charge in [0, 0.05) is 16.6 Å². The van der Waals surface area contributed by atoms with Crippen LogP contribution in [0.4, 0.5) is 5.69 Å². The van der Waals surface area contributed by atoms with Crippen LogP contribution in [0.5, 0.6) is 0 Å². The van der Waals surface area contributed by atoms with Crippen LogP contribution in [0.2, 0.25) is 0 Å². The molecule has 1 N–H and O–H groups in total. The van der Waals surface area contributed by atoms with Gasteiger partial charge in [-0.25, -0.2) is 5.43 Å². The number of nitrogens with one attached hydrogen (secondary N) is 1. The first-order chi connectivity index (χ1) is 11.0. The summed E-state index contributed by atoms with van der Waals surface area (Å²) in [5.41, 5.74) is 4.75. The van der Waals surface area contributed by atoms with Crippen molar-refractivity contribution >= 4 is 33.2 Å². The Morgan fingerprint density at radius 2 is 1.96 bits per heavy atom. The van der Waals surface area contributed by atoms with Crippen molar-refractivity contribution in [2.45, 2.75) is 13.3 Å². The van der Waals surface area contributed by atoms with Crippen LogP contribution < -0.4 is 5.43 Å². The molecule has 0 aromatic heterocycles. The minimum Gasteiger partial charge on any atom is -0.273 e. The number of nitro groups is 1. The Balaban J connectivity index is 1.96. The summed E-state index contributed by atoms with van der Waals surface area (Å²) in [6.45, 7) is 1.80. The van der Waals surface area contributed by atoms with E-state index in [2.05, 4.69) is 26.5 Å². The zero-order valence-corrected chi connectivity index (χ0v) is 13.9. The van der Waals surface area contributed by atoms with Crippen molar-refractivity contribution in [2.75, 3.05) is 0 Å². The SMILES string of the molecule is CC(=NNC(=O)Cc1ccc([N+](=O)[O-])cc1)c1cccc(Br)c1. The second-order valence-electron chi connectivity index (χ2n) is 4.84. The Bertz CT molecular complexity index is 757. The van der Waals surface area contributed by atoms with E-state index in [-0.39, 0.29) is 18.0 Å². The Kier molecular flexibility index (Phi) is 5.59. The lowest BCUT2D eigenvalue weighted by Crippen LogP contribution is -2.21. The third-order valence-electron chi connectivity index (χ3n) is 3.10. The van der Waals surface area contributed by atoms with Gasteiger partial charge in [0.05, 0.1) is 17.1 Å². The third kappa shape index (κ3) is 5.00. The zero-order valence-electron chi connectivity index (χ0n) is 12.3.